The molecule has 0 saturated carbocycles. The molecule has 0 saturated heterocycles. The van der Waals surface area contributed by atoms with E-state index in [0.29, 0.717) is 40.7 Å². The van der Waals surface area contributed by atoms with Crippen molar-refractivity contribution in [1.82, 2.24) is 5.32 Å². The van der Waals surface area contributed by atoms with Crippen molar-refractivity contribution in [3.63, 3.8) is 0 Å². The largest absolute Gasteiger partial charge is 0.630 e. The zero-order chi connectivity index (χ0) is 50.9. The van der Waals surface area contributed by atoms with Crippen LogP contribution in [0.1, 0.15) is 204 Å². The zero-order valence-electron chi connectivity index (χ0n) is 43.0. The van der Waals surface area contributed by atoms with Crippen molar-refractivity contribution in [2.75, 3.05) is 25.9 Å². The molecule has 4 N–H and O–H groups in total. The van der Waals surface area contributed by atoms with Gasteiger partial charge in [0.05, 0.1) is 6.54 Å². The Hall–Kier alpha value is -4.39. The highest BCUT2D eigenvalue weighted by molar-refractivity contribution is 7.59. The molecule has 1 heterocycles. The van der Waals surface area contributed by atoms with Gasteiger partial charge in [-0.15, -0.1) is 4.62 Å². The van der Waals surface area contributed by atoms with Crippen LogP contribution in [0.3, 0.4) is 0 Å². The van der Waals surface area contributed by atoms with E-state index in [1.807, 2.05) is 0 Å². The number of hydrogen-bond donors (Lipinski definition) is 3. The number of phenols is 1. The summed E-state index contributed by atoms with van der Waals surface area (Å²) in [6, 6.07) is 16.1. The standard InChI is InChI=1S/C57H85N2O11P/c1-3-5-7-9-11-13-15-17-19-21-23-25-27-29-54(62)66-43-49(68-55(63)30-28-26-24-22-20-18-16-14-12-10-8-6-4-2)44-67-71(65,70-58)40-39-59-57(64)46-33-31-45(32-34-46)56-50-37-35-47(60)41-52(50)69-53-42-48(61)36-38-51(53)56/h31-38,41-42,49,60H,3-30,39-40,43-44,58H2,1-2H3,(H,59,64). The summed E-state index contributed by atoms with van der Waals surface area (Å²) in [5, 5.41) is 13.5. The fourth-order valence-corrected chi connectivity index (χ4v) is 9.98. The first-order valence-corrected chi connectivity index (χ1v) is 28.8. The minimum absolute atomic E-state index is 0.0153. The molecular formula is C57H85N2O11P. The molecule has 1 amide bonds. The molecule has 71 heavy (non-hydrogen) atoms. The summed E-state index contributed by atoms with van der Waals surface area (Å²) >= 11 is 0. The fourth-order valence-electron chi connectivity index (χ4n) is 8.90. The Bertz CT molecular complexity index is 2150. The summed E-state index contributed by atoms with van der Waals surface area (Å²) < 4.78 is 27.7. The summed E-state index contributed by atoms with van der Waals surface area (Å²) in [5.74, 6) is 4.54. The summed E-state index contributed by atoms with van der Waals surface area (Å²) in [6.07, 6.45) is 30.1. The summed E-state index contributed by atoms with van der Waals surface area (Å²) in [4.78, 5) is 64.8. The van der Waals surface area contributed by atoms with Gasteiger partial charge < -0.3 is 29.2 Å². The van der Waals surface area contributed by atoms with Crippen LogP contribution in [0, 0.1) is 0 Å². The predicted octanol–water partition coefficient (Wildman–Crippen LogP) is 13.4. The maximum absolute atomic E-state index is 13.6. The van der Waals surface area contributed by atoms with Crippen molar-refractivity contribution < 1.29 is 47.4 Å². The van der Waals surface area contributed by atoms with Crippen LogP contribution in [0.2, 0.25) is 0 Å². The van der Waals surface area contributed by atoms with Crippen LogP contribution in [0.5, 0.6) is 5.75 Å². The molecular weight excluding hydrogens is 920 g/mol. The van der Waals surface area contributed by atoms with Crippen LogP contribution < -0.4 is 21.5 Å². The molecule has 14 heteroatoms. The number of aromatic hydroxyl groups is 1. The number of esters is 2. The number of hydrogen-bond acceptors (Lipinski definition) is 12. The first-order valence-electron chi connectivity index (χ1n) is 27.1. The molecule has 2 aromatic carbocycles. The maximum atomic E-state index is 13.6. The van der Waals surface area contributed by atoms with Gasteiger partial charge in [-0.3, -0.25) is 19.2 Å². The van der Waals surface area contributed by atoms with Gasteiger partial charge in [-0.2, -0.15) is 5.90 Å². The molecule has 1 aliphatic heterocycles. The maximum Gasteiger partial charge on any atom is 0.306 e. The first-order chi connectivity index (χ1) is 34.6. The molecule has 2 unspecified atom stereocenters. The molecule has 0 spiro atoms. The number of nitrogens with two attached hydrogens (primary N) is 1. The van der Waals surface area contributed by atoms with Crippen LogP contribution in [0.4, 0.5) is 0 Å². The number of unbranched alkanes of at least 4 members (excludes halogenated alkanes) is 24. The molecule has 394 valence electrons. The van der Waals surface area contributed by atoms with E-state index in [0.717, 1.165) is 49.7 Å². The Balaban J connectivity index is 1.23. The van der Waals surface area contributed by atoms with E-state index in [1.54, 1.807) is 42.5 Å². The highest BCUT2D eigenvalue weighted by Crippen LogP contribution is 2.50. The molecule has 2 aliphatic rings. The highest BCUT2D eigenvalue weighted by Gasteiger charge is 2.33. The van der Waals surface area contributed by atoms with Crippen LogP contribution in [-0.4, -0.2) is 55.0 Å². The van der Waals surface area contributed by atoms with Gasteiger partial charge in [-0.1, -0.05) is 180 Å². The topological polar surface area (TPSA) is 200 Å². The van der Waals surface area contributed by atoms with Crippen LogP contribution in [0.15, 0.2) is 69.9 Å². The SMILES string of the molecule is CCCCCCCCCCCCCCCC(=O)OCC(CO[P+]([O-])(CCNC(=O)c1ccc(-c2c3ccc(=O)cc-3oc3cc(O)ccc23)cc1)ON)OC(=O)CCCCCCCCCCCCCCC. The van der Waals surface area contributed by atoms with E-state index < -0.39 is 38.5 Å². The quantitative estimate of drug-likeness (QED) is 0.0125. The summed E-state index contributed by atoms with van der Waals surface area (Å²) in [6.45, 7) is 3.69. The molecule has 2 atom stereocenters. The second-order valence-corrected chi connectivity index (χ2v) is 21.3. The van der Waals surface area contributed by atoms with E-state index in [2.05, 4.69) is 19.2 Å². The zero-order valence-corrected chi connectivity index (χ0v) is 43.9. The monoisotopic (exact) mass is 1000 g/mol. The van der Waals surface area contributed by atoms with Crippen molar-refractivity contribution in [2.45, 2.75) is 200 Å². The normalized spacial score (nSPS) is 12.8. The Morgan fingerprint density at radius 3 is 1.72 bits per heavy atom. The average Bonchev–Trinajstić information content (AvgIpc) is 3.36. The number of carbonyl (C=O) groups excluding carboxylic acids is 3. The Labute approximate surface area is 424 Å². The third-order valence-electron chi connectivity index (χ3n) is 13.1. The van der Waals surface area contributed by atoms with Crippen LogP contribution >= 0.6 is 7.94 Å². The van der Waals surface area contributed by atoms with Crippen molar-refractivity contribution in [1.29, 1.82) is 0 Å². The van der Waals surface area contributed by atoms with Crippen LogP contribution in [-0.2, 0) is 28.2 Å². The van der Waals surface area contributed by atoms with E-state index in [4.69, 9.17) is 28.9 Å². The van der Waals surface area contributed by atoms with Gasteiger partial charge in [0.15, 0.2) is 11.5 Å². The van der Waals surface area contributed by atoms with Gasteiger partial charge in [-0.25, -0.2) is 4.52 Å². The number of benzene rings is 3. The van der Waals surface area contributed by atoms with E-state index in [9.17, 15) is 29.2 Å². The molecule has 4 rings (SSSR count). The lowest BCUT2D eigenvalue weighted by atomic mass is 9.93. The lowest BCUT2D eigenvalue weighted by Gasteiger charge is -2.27. The first kappa shape index (κ1) is 59.2. The molecule has 1 aliphatic carbocycles. The Morgan fingerprint density at radius 1 is 0.662 bits per heavy atom. The summed E-state index contributed by atoms with van der Waals surface area (Å²) in [5.41, 5.74) is 2.69. The molecule has 0 aromatic heterocycles. The Kier molecular flexibility index (Phi) is 29.1. The highest BCUT2D eigenvalue weighted by atomic mass is 31.2. The third kappa shape index (κ3) is 23.4. The van der Waals surface area contributed by atoms with Gasteiger partial charge in [0.25, 0.3) is 13.9 Å². The second kappa shape index (κ2) is 34.9. The Morgan fingerprint density at radius 2 is 1.18 bits per heavy atom. The summed E-state index contributed by atoms with van der Waals surface area (Å²) in [7, 11) is -4.01. The van der Waals surface area contributed by atoms with E-state index in [-0.39, 0.29) is 43.3 Å². The molecule has 0 fully saturated rings. The number of ether oxygens (including phenoxy) is 2. The number of fused-ring (bicyclic) bond motifs is 2. The molecule has 0 radical (unpaired) electrons. The fraction of sp³-hybridized carbons (Fsp3) is 0.614. The minimum atomic E-state index is -4.01. The third-order valence-corrected chi connectivity index (χ3v) is 14.7. The predicted molar refractivity (Wildman–Crippen MR) is 283 cm³/mol. The van der Waals surface area contributed by atoms with E-state index in [1.165, 1.54) is 134 Å². The van der Waals surface area contributed by atoms with Gasteiger partial charge in [-0.05, 0) is 54.8 Å². The van der Waals surface area contributed by atoms with Gasteiger partial charge in [0.1, 0.15) is 36.5 Å². The van der Waals surface area contributed by atoms with Gasteiger partial charge >= 0.3 is 11.9 Å². The lowest BCUT2D eigenvalue weighted by Crippen LogP contribution is -2.35. The minimum Gasteiger partial charge on any atom is -0.630 e. The lowest BCUT2D eigenvalue weighted by molar-refractivity contribution is -0.222. The second-order valence-electron chi connectivity index (χ2n) is 19.2. The molecule has 0 bridgehead atoms. The van der Waals surface area contributed by atoms with Crippen molar-refractivity contribution in [2.24, 2.45) is 5.90 Å². The van der Waals surface area contributed by atoms with Gasteiger partial charge in [0, 0.05) is 47.1 Å². The van der Waals surface area contributed by atoms with Gasteiger partial charge in [0.2, 0.25) is 0 Å². The number of phenolic OH excluding ortho intramolecular Hbond substituents is 1. The smallest absolute Gasteiger partial charge is 0.306 e. The van der Waals surface area contributed by atoms with Crippen LogP contribution in [0.25, 0.3) is 33.4 Å². The average molecular weight is 1010 g/mol. The van der Waals surface area contributed by atoms with E-state index >= 15 is 0 Å². The van der Waals surface area contributed by atoms with Crippen molar-refractivity contribution in [3.05, 3.63) is 76.5 Å². The molecule has 13 nitrogen and oxygen atoms in total. The number of rotatable bonds is 40. The number of amides is 1. The number of carbonyl (C=O) groups is 3. The van der Waals surface area contributed by atoms with Crippen molar-refractivity contribution in [3.8, 4) is 28.2 Å². The molecule has 2 aromatic rings. The van der Waals surface area contributed by atoms with Crippen molar-refractivity contribution >= 4 is 36.8 Å². The number of nitrogens with one attached hydrogen (secondary N) is 1.